The molecule has 1 aliphatic heterocycles. The van der Waals surface area contributed by atoms with Gasteiger partial charge in [0.05, 0.1) is 23.4 Å². The Morgan fingerprint density at radius 3 is 2.44 bits per heavy atom. The van der Waals surface area contributed by atoms with Crippen molar-refractivity contribution in [3.05, 3.63) is 88.6 Å². The Bertz CT molecular complexity index is 1120. The Morgan fingerprint density at radius 2 is 1.78 bits per heavy atom. The van der Waals surface area contributed by atoms with Gasteiger partial charge in [0.15, 0.2) is 11.6 Å². The average Bonchev–Trinajstić information content (AvgIpc) is 3.28. The molecule has 1 unspecified atom stereocenters. The van der Waals surface area contributed by atoms with E-state index < -0.39 is 11.7 Å². The summed E-state index contributed by atoms with van der Waals surface area (Å²) in [4.78, 5) is 10.3. The van der Waals surface area contributed by atoms with Crippen LogP contribution in [0.1, 0.15) is 53.8 Å². The third-order valence-electron chi connectivity index (χ3n) is 5.90. The maximum absolute atomic E-state index is 15.3. The first-order valence-corrected chi connectivity index (χ1v) is 10.6. The lowest BCUT2D eigenvalue weighted by molar-refractivity contribution is 0.0174. The van der Waals surface area contributed by atoms with Crippen LogP contribution in [0.5, 0.6) is 0 Å². The van der Waals surface area contributed by atoms with E-state index in [0.717, 1.165) is 30.9 Å². The first-order chi connectivity index (χ1) is 15.4. The lowest BCUT2D eigenvalue weighted by Crippen LogP contribution is -2.25. The van der Waals surface area contributed by atoms with E-state index >= 15 is 4.39 Å². The van der Waals surface area contributed by atoms with Gasteiger partial charge in [-0.2, -0.15) is 5.26 Å². The second-order valence-electron chi connectivity index (χ2n) is 8.13. The van der Waals surface area contributed by atoms with Gasteiger partial charge < -0.3 is 4.90 Å². The number of rotatable bonds is 6. The Labute approximate surface area is 185 Å². The fourth-order valence-electron chi connectivity index (χ4n) is 4.14. The summed E-state index contributed by atoms with van der Waals surface area (Å²) in [6.45, 7) is 1.51. The highest BCUT2D eigenvalue weighted by Crippen LogP contribution is 2.37. The van der Waals surface area contributed by atoms with Crippen LogP contribution in [0.25, 0.3) is 0 Å². The van der Waals surface area contributed by atoms with Crippen LogP contribution in [-0.2, 0) is 18.8 Å². The number of anilines is 1. The number of alkyl halides is 2. The number of benzene rings is 2. The lowest BCUT2D eigenvalue weighted by Gasteiger charge is -2.27. The van der Waals surface area contributed by atoms with Crippen molar-refractivity contribution in [2.45, 2.75) is 44.6 Å². The summed E-state index contributed by atoms with van der Waals surface area (Å²) in [6.07, 6.45) is 4.04. The Kier molecular flexibility index (Phi) is 6.13. The van der Waals surface area contributed by atoms with Crippen molar-refractivity contribution < 1.29 is 13.2 Å². The molecule has 0 aliphatic carbocycles. The normalized spacial score (nSPS) is 16.2. The Hall–Kier alpha value is -3.40. The van der Waals surface area contributed by atoms with Gasteiger partial charge in [-0.25, -0.2) is 23.1 Å². The van der Waals surface area contributed by atoms with E-state index in [2.05, 4.69) is 16.0 Å². The first kappa shape index (κ1) is 21.8. The summed E-state index contributed by atoms with van der Waals surface area (Å²) >= 11 is 0. The van der Waals surface area contributed by atoms with E-state index in [1.807, 2.05) is 17.0 Å². The molecule has 0 N–H and O–H groups in total. The molecule has 2 aromatic carbocycles. The molecule has 0 bridgehead atoms. The van der Waals surface area contributed by atoms with Crippen molar-refractivity contribution in [3.8, 4) is 6.07 Å². The van der Waals surface area contributed by atoms with Gasteiger partial charge in [-0.3, -0.25) is 0 Å². The molecule has 4 nitrogen and oxygen atoms in total. The fourth-order valence-corrected chi connectivity index (χ4v) is 4.14. The lowest BCUT2D eigenvalue weighted by atomic mass is 10.0. The van der Waals surface area contributed by atoms with Crippen molar-refractivity contribution >= 4 is 5.82 Å². The van der Waals surface area contributed by atoms with Crippen LogP contribution in [-0.4, -0.2) is 16.5 Å². The summed E-state index contributed by atoms with van der Waals surface area (Å²) in [5.74, 6) is -3.08. The molecule has 2 heterocycles. The molecule has 0 saturated carbocycles. The molecule has 0 amide bonds. The predicted octanol–water partition coefficient (Wildman–Crippen LogP) is 5.73. The van der Waals surface area contributed by atoms with Crippen LogP contribution >= 0.6 is 0 Å². The van der Waals surface area contributed by atoms with Gasteiger partial charge >= 0.3 is 0 Å². The molecule has 164 valence electrons. The second-order valence-corrected chi connectivity index (χ2v) is 8.13. The summed E-state index contributed by atoms with van der Waals surface area (Å²) in [7, 11) is 0. The van der Waals surface area contributed by atoms with Gasteiger partial charge in [0.25, 0.3) is 5.92 Å². The zero-order chi connectivity index (χ0) is 22.7. The third kappa shape index (κ3) is 4.59. The molecular formula is C25H23F3N4. The molecule has 1 atom stereocenters. The van der Waals surface area contributed by atoms with Gasteiger partial charge in [0, 0.05) is 19.0 Å². The van der Waals surface area contributed by atoms with Crippen LogP contribution in [0.4, 0.5) is 19.0 Å². The smallest absolute Gasteiger partial charge is 0.270 e. The molecule has 4 rings (SSSR count). The van der Waals surface area contributed by atoms with Crippen molar-refractivity contribution in [1.82, 2.24) is 9.97 Å². The SMILES string of the molecule is CC(F)(F)c1ccc(C2CCCN2c2ncnc(CCc3ccc(C#N)cc3)c2F)cc1. The molecule has 7 heteroatoms. The Morgan fingerprint density at radius 1 is 1.06 bits per heavy atom. The molecular weight excluding hydrogens is 413 g/mol. The minimum Gasteiger partial charge on any atom is -0.347 e. The number of aryl methyl sites for hydroxylation is 2. The van der Waals surface area contributed by atoms with E-state index in [0.29, 0.717) is 30.6 Å². The average molecular weight is 436 g/mol. The number of halogens is 3. The van der Waals surface area contributed by atoms with Crippen LogP contribution in [0.3, 0.4) is 0 Å². The highest BCUT2D eigenvalue weighted by Gasteiger charge is 2.31. The van der Waals surface area contributed by atoms with Gasteiger partial charge in [-0.15, -0.1) is 0 Å². The van der Waals surface area contributed by atoms with Crippen molar-refractivity contribution in [2.24, 2.45) is 0 Å². The van der Waals surface area contributed by atoms with Gasteiger partial charge in [-0.05, 0) is 48.9 Å². The third-order valence-corrected chi connectivity index (χ3v) is 5.90. The molecule has 32 heavy (non-hydrogen) atoms. The zero-order valence-electron chi connectivity index (χ0n) is 17.7. The van der Waals surface area contributed by atoms with E-state index in [4.69, 9.17) is 5.26 Å². The molecule has 1 aromatic heterocycles. The summed E-state index contributed by atoms with van der Waals surface area (Å²) in [6, 6.07) is 15.4. The summed E-state index contributed by atoms with van der Waals surface area (Å²) in [5.41, 5.74) is 2.75. The standard InChI is InChI=1S/C25H23F3N4/c1-25(27,28)20-11-9-19(10-12-20)22-3-2-14-32(22)24-23(26)21(30-16-31-24)13-8-17-4-6-18(15-29)7-5-17/h4-7,9-12,16,22H,2-3,8,13-14H2,1H3. The van der Waals surface area contributed by atoms with Crippen molar-refractivity contribution in [1.29, 1.82) is 5.26 Å². The molecule has 3 aromatic rings. The van der Waals surface area contributed by atoms with E-state index in [1.165, 1.54) is 18.5 Å². The predicted molar refractivity (Wildman–Crippen MR) is 116 cm³/mol. The maximum atomic E-state index is 15.3. The first-order valence-electron chi connectivity index (χ1n) is 10.6. The summed E-state index contributed by atoms with van der Waals surface area (Å²) < 4.78 is 42.4. The van der Waals surface area contributed by atoms with Crippen LogP contribution in [0.2, 0.25) is 0 Å². The van der Waals surface area contributed by atoms with Gasteiger partial charge in [-0.1, -0.05) is 36.4 Å². The molecule has 0 radical (unpaired) electrons. The quantitative estimate of drug-likeness (QED) is 0.496. The van der Waals surface area contributed by atoms with Gasteiger partial charge in [0.1, 0.15) is 6.33 Å². The highest BCUT2D eigenvalue weighted by molar-refractivity contribution is 5.46. The molecule has 0 spiro atoms. The van der Waals surface area contributed by atoms with Crippen LogP contribution < -0.4 is 4.90 Å². The van der Waals surface area contributed by atoms with Crippen LogP contribution in [0, 0.1) is 17.1 Å². The number of hydrogen-bond acceptors (Lipinski definition) is 4. The molecule has 1 saturated heterocycles. The highest BCUT2D eigenvalue weighted by atomic mass is 19.3. The van der Waals surface area contributed by atoms with Crippen molar-refractivity contribution in [2.75, 3.05) is 11.4 Å². The van der Waals surface area contributed by atoms with Crippen molar-refractivity contribution in [3.63, 3.8) is 0 Å². The monoisotopic (exact) mass is 436 g/mol. The molecule has 1 fully saturated rings. The van der Waals surface area contributed by atoms with Gasteiger partial charge in [0.2, 0.25) is 0 Å². The molecule has 1 aliphatic rings. The number of nitriles is 1. The summed E-state index contributed by atoms with van der Waals surface area (Å²) in [5, 5.41) is 8.91. The maximum Gasteiger partial charge on any atom is 0.270 e. The minimum absolute atomic E-state index is 0.0379. The van der Waals surface area contributed by atoms with E-state index in [-0.39, 0.29) is 17.4 Å². The zero-order valence-corrected chi connectivity index (χ0v) is 17.7. The number of aromatic nitrogens is 2. The number of hydrogen-bond donors (Lipinski definition) is 0. The minimum atomic E-state index is -2.89. The largest absolute Gasteiger partial charge is 0.347 e. The Balaban J connectivity index is 1.53. The van der Waals surface area contributed by atoms with E-state index in [9.17, 15) is 8.78 Å². The van der Waals surface area contributed by atoms with E-state index in [1.54, 1.807) is 24.3 Å². The topological polar surface area (TPSA) is 52.8 Å². The fraction of sp³-hybridized carbons (Fsp3) is 0.320. The number of nitrogens with zero attached hydrogens (tertiary/aromatic N) is 4. The second kappa shape index (κ2) is 8.99. The van der Waals surface area contributed by atoms with Crippen LogP contribution in [0.15, 0.2) is 54.9 Å².